The number of rotatable bonds is 3. The molecule has 1 aliphatic rings. The number of amidine groups is 1. The van der Waals surface area contributed by atoms with Gasteiger partial charge in [0.15, 0.2) is 0 Å². The van der Waals surface area contributed by atoms with Gasteiger partial charge in [0, 0.05) is 5.92 Å². The van der Waals surface area contributed by atoms with Crippen molar-refractivity contribution in [2.75, 3.05) is 6.61 Å². The Morgan fingerprint density at radius 3 is 2.40 bits per heavy atom. The van der Waals surface area contributed by atoms with Crippen LogP contribution in [0.5, 0.6) is 0 Å². The van der Waals surface area contributed by atoms with Crippen LogP contribution in [0.4, 0.5) is 4.79 Å². The molecule has 0 bridgehead atoms. The zero-order valence-corrected chi connectivity index (χ0v) is 8.56. The van der Waals surface area contributed by atoms with E-state index in [4.69, 9.17) is 21.4 Å². The summed E-state index contributed by atoms with van der Waals surface area (Å²) in [7, 11) is 0. The first-order valence-electron chi connectivity index (χ1n) is 5.03. The molecule has 1 aliphatic carbocycles. The van der Waals surface area contributed by atoms with Crippen LogP contribution in [0.1, 0.15) is 25.7 Å². The predicted molar refractivity (Wildman–Crippen MR) is 54.4 cm³/mol. The van der Waals surface area contributed by atoms with E-state index < -0.39 is 6.09 Å². The van der Waals surface area contributed by atoms with Crippen LogP contribution in [0.15, 0.2) is 5.16 Å². The molecule has 0 atom stereocenters. The van der Waals surface area contributed by atoms with Crippen LogP contribution in [0.2, 0.25) is 0 Å². The summed E-state index contributed by atoms with van der Waals surface area (Å²) in [6.45, 7) is 0.373. The molecule has 0 radical (unpaired) electrons. The molecule has 1 saturated carbocycles. The first-order valence-corrected chi connectivity index (χ1v) is 5.03. The predicted octanol–water partition coefficient (Wildman–Crippen LogP) is 0.634. The highest BCUT2D eigenvalue weighted by Crippen LogP contribution is 2.28. The molecule has 0 aromatic carbocycles. The summed E-state index contributed by atoms with van der Waals surface area (Å²) in [5.74, 6) is 0.796. The van der Waals surface area contributed by atoms with Crippen molar-refractivity contribution in [3.8, 4) is 0 Å². The largest absolute Gasteiger partial charge is 0.449 e. The molecule has 0 unspecified atom stereocenters. The van der Waals surface area contributed by atoms with Crippen LogP contribution in [-0.2, 0) is 4.74 Å². The average molecular weight is 215 g/mol. The Hall–Kier alpha value is -1.46. The topological polar surface area (TPSA) is 111 Å². The second kappa shape index (κ2) is 5.43. The van der Waals surface area contributed by atoms with Crippen molar-refractivity contribution >= 4 is 11.9 Å². The van der Waals surface area contributed by atoms with Crippen molar-refractivity contribution < 1.29 is 14.7 Å². The van der Waals surface area contributed by atoms with E-state index >= 15 is 0 Å². The van der Waals surface area contributed by atoms with Gasteiger partial charge in [0.05, 0.1) is 6.61 Å². The molecule has 1 amide bonds. The molecule has 6 heteroatoms. The number of oxime groups is 1. The minimum absolute atomic E-state index is 0.153. The van der Waals surface area contributed by atoms with Crippen molar-refractivity contribution in [3.63, 3.8) is 0 Å². The summed E-state index contributed by atoms with van der Waals surface area (Å²) >= 11 is 0. The minimum atomic E-state index is -0.728. The maximum atomic E-state index is 10.4. The summed E-state index contributed by atoms with van der Waals surface area (Å²) in [6, 6.07) is 0. The number of nitrogens with two attached hydrogens (primary N) is 2. The number of carbonyl (C=O) groups is 1. The van der Waals surface area contributed by atoms with Gasteiger partial charge in [-0.2, -0.15) is 0 Å². The molecular formula is C9H17N3O3. The lowest BCUT2D eigenvalue weighted by Gasteiger charge is -2.26. The maximum Gasteiger partial charge on any atom is 0.404 e. The third-order valence-electron chi connectivity index (χ3n) is 2.84. The summed E-state index contributed by atoms with van der Waals surface area (Å²) < 4.78 is 4.73. The molecule has 15 heavy (non-hydrogen) atoms. The zero-order chi connectivity index (χ0) is 11.3. The highest BCUT2D eigenvalue weighted by atomic mass is 16.5. The van der Waals surface area contributed by atoms with Gasteiger partial charge in [-0.15, -0.1) is 0 Å². The van der Waals surface area contributed by atoms with Gasteiger partial charge in [0.2, 0.25) is 0 Å². The van der Waals surface area contributed by atoms with E-state index in [0.717, 1.165) is 25.7 Å². The van der Waals surface area contributed by atoms with Gasteiger partial charge >= 0.3 is 6.09 Å². The standard InChI is InChI=1S/C9H17N3O3/c10-8(12-14)7-3-1-6(2-4-7)5-15-9(11)13/h6-7,14H,1-5H2,(H2,10,12)(H2,11,13). The molecule has 6 nitrogen and oxygen atoms in total. The van der Waals surface area contributed by atoms with Gasteiger partial charge in [-0.05, 0) is 31.6 Å². The van der Waals surface area contributed by atoms with Crippen LogP contribution in [0.25, 0.3) is 0 Å². The highest BCUT2D eigenvalue weighted by Gasteiger charge is 2.24. The van der Waals surface area contributed by atoms with Crippen molar-refractivity contribution in [1.29, 1.82) is 0 Å². The van der Waals surface area contributed by atoms with Crippen LogP contribution in [0, 0.1) is 11.8 Å². The summed E-state index contributed by atoms with van der Waals surface area (Å²) in [4.78, 5) is 10.4. The van der Waals surface area contributed by atoms with Gasteiger partial charge in [-0.25, -0.2) is 4.79 Å². The first-order chi connectivity index (χ1) is 7.13. The van der Waals surface area contributed by atoms with Crippen LogP contribution < -0.4 is 11.5 Å². The van der Waals surface area contributed by atoms with Crippen LogP contribution in [0.3, 0.4) is 0 Å². The lowest BCUT2D eigenvalue weighted by molar-refractivity contribution is 0.121. The van der Waals surface area contributed by atoms with Crippen molar-refractivity contribution in [2.45, 2.75) is 25.7 Å². The Labute approximate surface area is 88.3 Å². The number of carbonyl (C=O) groups excluding carboxylic acids is 1. The van der Waals surface area contributed by atoms with Crippen molar-refractivity contribution in [2.24, 2.45) is 28.5 Å². The van der Waals surface area contributed by atoms with Gasteiger partial charge in [0.25, 0.3) is 0 Å². The SMILES string of the molecule is NC(=O)OCC1CCC(/C(N)=N/O)CC1. The number of hydrogen-bond donors (Lipinski definition) is 3. The van der Waals surface area contributed by atoms with Crippen LogP contribution >= 0.6 is 0 Å². The number of ether oxygens (including phenoxy) is 1. The van der Waals surface area contributed by atoms with Gasteiger partial charge in [-0.1, -0.05) is 5.16 Å². The molecule has 1 fully saturated rings. The molecule has 1 rings (SSSR count). The van der Waals surface area contributed by atoms with E-state index in [-0.39, 0.29) is 5.92 Å². The summed E-state index contributed by atoms with van der Waals surface area (Å²) in [6.07, 6.45) is 2.82. The second-order valence-electron chi connectivity index (χ2n) is 3.87. The fourth-order valence-corrected chi connectivity index (χ4v) is 1.91. The molecule has 0 saturated heterocycles. The van der Waals surface area contributed by atoms with E-state index in [9.17, 15) is 4.79 Å². The summed E-state index contributed by atoms with van der Waals surface area (Å²) in [5, 5.41) is 11.5. The second-order valence-corrected chi connectivity index (χ2v) is 3.87. The molecule has 86 valence electrons. The lowest BCUT2D eigenvalue weighted by atomic mass is 9.82. The molecular weight excluding hydrogens is 198 g/mol. The fraction of sp³-hybridized carbons (Fsp3) is 0.778. The molecule has 0 spiro atoms. The van der Waals surface area contributed by atoms with E-state index in [0.29, 0.717) is 18.4 Å². The van der Waals surface area contributed by atoms with E-state index in [2.05, 4.69) is 5.16 Å². The fourth-order valence-electron chi connectivity index (χ4n) is 1.91. The Morgan fingerprint density at radius 2 is 1.93 bits per heavy atom. The Morgan fingerprint density at radius 1 is 1.33 bits per heavy atom. The third-order valence-corrected chi connectivity index (χ3v) is 2.84. The van der Waals surface area contributed by atoms with Crippen molar-refractivity contribution in [3.05, 3.63) is 0 Å². The van der Waals surface area contributed by atoms with Crippen molar-refractivity contribution in [1.82, 2.24) is 0 Å². The van der Waals surface area contributed by atoms with Crippen LogP contribution in [-0.4, -0.2) is 23.7 Å². The number of amides is 1. The van der Waals surface area contributed by atoms with Gasteiger partial charge in [0.1, 0.15) is 5.84 Å². The molecule has 0 aliphatic heterocycles. The maximum absolute atomic E-state index is 10.4. The molecule has 5 N–H and O–H groups in total. The molecule has 0 aromatic rings. The number of primary amides is 1. The Kier molecular flexibility index (Phi) is 4.20. The summed E-state index contributed by atoms with van der Waals surface area (Å²) in [5.41, 5.74) is 10.4. The first kappa shape index (κ1) is 11.6. The highest BCUT2D eigenvalue weighted by molar-refractivity contribution is 5.82. The number of hydrogen-bond acceptors (Lipinski definition) is 4. The normalized spacial score (nSPS) is 27.3. The quantitative estimate of drug-likeness (QED) is 0.277. The zero-order valence-electron chi connectivity index (χ0n) is 8.56. The van der Waals surface area contributed by atoms with Gasteiger partial charge in [-0.3, -0.25) is 0 Å². The third kappa shape index (κ3) is 3.65. The van der Waals surface area contributed by atoms with E-state index in [1.807, 2.05) is 0 Å². The Balaban J connectivity index is 2.27. The number of nitrogens with zero attached hydrogens (tertiary/aromatic N) is 1. The minimum Gasteiger partial charge on any atom is -0.449 e. The monoisotopic (exact) mass is 215 g/mol. The lowest BCUT2D eigenvalue weighted by Crippen LogP contribution is -2.30. The van der Waals surface area contributed by atoms with E-state index in [1.165, 1.54) is 0 Å². The van der Waals surface area contributed by atoms with Gasteiger partial charge < -0.3 is 21.4 Å². The molecule has 0 aromatic heterocycles. The smallest absolute Gasteiger partial charge is 0.404 e. The Bertz CT molecular complexity index is 247. The molecule has 0 heterocycles. The van der Waals surface area contributed by atoms with E-state index in [1.54, 1.807) is 0 Å². The average Bonchev–Trinajstić information content (AvgIpc) is 2.26.